The summed E-state index contributed by atoms with van der Waals surface area (Å²) in [7, 11) is 1.68. The van der Waals surface area contributed by atoms with E-state index in [0.717, 1.165) is 18.0 Å². The lowest BCUT2D eigenvalue weighted by molar-refractivity contribution is 0.307. The molecule has 1 atom stereocenters. The highest BCUT2D eigenvalue weighted by Crippen LogP contribution is 2.17. The molecular weight excluding hydrogens is 250 g/mol. The number of methoxy groups -OCH3 is 1. The van der Waals surface area contributed by atoms with Crippen molar-refractivity contribution in [1.82, 2.24) is 5.32 Å². The maximum atomic E-state index is 5.65. The quantitative estimate of drug-likeness (QED) is 0.783. The number of hydrogen-bond donors (Lipinski definition) is 1. The minimum Gasteiger partial charge on any atom is -0.497 e. The van der Waals surface area contributed by atoms with Gasteiger partial charge in [0.25, 0.3) is 0 Å². The summed E-state index contributed by atoms with van der Waals surface area (Å²) >= 11 is 0. The van der Waals surface area contributed by atoms with Crippen LogP contribution in [0.2, 0.25) is 0 Å². The lowest BCUT2D eigenvalue weighted by Crippen LogP contribution is -2.24. The molecule has 3 heteroatoms. The van der Waals surface area contributed by atoms with Gasteiger partial charge in [-0.2, -0.15) is 0 Å². The van der Waals surface area contributed by atoms with Gasteiger partial charge in [0, 0.05) is 12.6 Å². The van der Waals surface area contributed by atoms with Crippen molar-refractivity contribution in [2.45, 2.75) is 13.0 Å². The molecule has 0 aliphatic rings. The van der Waals surface area contributed by atoms with Crippen LogP contribution in [0.25, 0.3) is 0 Å². The van der Waals surface area contributed by atoms with Crippen LogP contribution in [-0.2, 0) is 0 Å². The van der Waals surface area contributed by atoms with Gasteiger partial charge in [-0.15, -0.1) is 0 Å². The summed E-state index contributed by atoms with van der Waals surface area (Å²) in [6.07, 6.45) is 0. The molecule has 0 aromatic heterocycles. The van der Waals surface area contributed by atoms with Crippen LogP contribution in [0.4, 0.5) is 0 Å². The van der Waals surface area contributed by atoms with Crippen LogP contribution in [-0.4, -0.2) is 20.3 Å². The Morgan fingerprint density at radius 2 is 1.65 bits per heavy atom. The van der Waals surface area contributed by atoms with E-state index in [1.54, 1.807) is 7.11 Å². The van der Waals surface area contributed by atoms with Gasteiger partial charge in [-0.3, -0.25) is 0 Å². The van der Waals surface area contributed by atoms with E-state index in [-0.39, 0.29) is 0 Å². The topological polar surface area (TPSA) is 30.5 Å². The van der Waals surface area contributed by atoms with Crippen LogP contribution in [0.5, 0.6) is 11.5 Å². The second-order valence-electron chi connectivity index (χ2n) is 4.61. The van der Waals surface area contributed by atoms with E-state index in [0.29, 0.717) is 12.6 Å². The first-order valence-electron chi connectivity index (χ1n) is 6.85. The summed E-state index contributed by atoms with van der Waals surface area (Å²) in [5.74, 6) is 1.79. The highest BCUT2D eigenvalue weighted by atomic mass is 16.5. The van der Waals surface area contributed by atoms with Crippen LogP contribution >= 0.6 is 0 Å². The summed E-state index contributed by atoms with van der Waals surface area (Å²) in [6.45, 7) is 3.61. The van der Waals surface area contributed by atoms with E-state index in [1.807, 2.05) is 42.5 Å². The normalized spacial score (nSPS) is 11.9. The molecule has 1 N–H and O–H groups in total. The Morgan fingerprint density at radius 3 is 2.30 bits per heavy atom. The highest BCUT2D eigenvalue weighted by molar-refractivity contribution is 5.28. The monoisotopic (exact) mass is 271 g/mol. The number of hydrogen-bond acceptors (Lipinski definition) is 3. The summed E-state index contributed by atoms with van der Waals surface area (Å²) < 4.78 is 10.8. The molecule has 0 saturated heterocycles. The van der Waals surface area contributed by atoms with Crippen molar-refractivity contribution in [3.63, 3.8) is 0 Å². The van der Waals surface area contributed by atoms with Gasteiger partial charge in [-0.25, -0.2) is 0 Å². The van der Waals surface area contributed by atoms with Crippen molar-refractivity contribution in [3.05, 3.63) is 60.2 Å². The van der Waals surface area contributed by atoms with Crippen molar-refractivity contribution in [2.75, 3.05) is 20.3 Å². The molecule has 0 heterocycles. The van der Waals surface area contributed by atoms with Crippen LogP contribution in [0.1, 0.15) is 18.5 Å². The van der Waals surface area contributed by atoms with Crippen LogP contribution in [0.15, 0.2) is 54.6 Å². The smallest absolute Gasteiger partial charge is 0.119 e. The SMILES string of the molecule is COc1ccc([C@@H](C)NCCOc2ccccc2)cc1. The van der Waals surface area contributed by atoms with E-state index >= 15 is 0 Å². The van der Waals surface area contributed by atoms with Crippen molar-refractivity contribution in [3.8, 4) is 11.5 Å². The highest BCUT2D eigenvalue weighted by Gasteiger charge is 2.04. The van der Waals surface area contributed by atoms with Crippen LogP contribution < -0.4 is 14.8 Å². The lowest BCUT2D eigenvalue weighted by Gasteiger charge is -2.15. The van der Waals surface area contributed by atoms with Gasteiger partial charge in [0.1, 0.15) is 18.1 Å². The first kappa shape index (κ1) is 14.4. The van der Waals surface area contributed by atoms with Crippen molar-refractivity contribution < 1.29 is 9.47 Å². The molecule has 0 aliphatic heterocycles. The number of benzene rings is 2. The molecule has 2 aromatic carbocycles. The number of rotatable bonds is 7. The zero-order valence-corrected chi connectivity index (χ0v) is 12.0. The number of ether oxygens (including phenoxy) is 2. The zero-order chi connectivity index (χ0) is 14.2. The first-order chi connectivity index (χ1) is 9.79. The average Bonchev–Trinajstić information content (AvgIpc) is 2.52. The molecule has 0 saturated carbocycles. The van der Waals surface area contributed by atoms with Gasteiger partial charge in [-0.05, 0) is 36.8 Å². The predicted octanol–water partition coefficient (Wildman–Crippen LogP) is 3.42. The number of nitrogens with one attached hydrogen (secondary N) is 1. The van der Waals surface area contributed by atoms with Gasteiger partial charge in [-0.1, -0.05) is 30.3 Å². The lowest BCUT2D eigenvalue weighted by atomic mass is 10.1. The first-order valence-corrected chi connectivity index (χ1v) is 6.85. The number of para-hydroxylation sites is 1. The molecule has 0 radical (unpaired) electrons. The Kier molecular flexibility index (Phi) is 5.44. The standard InChI is InChI=1S/C17H21NO2/c1-14(15-8-10-16(19-2)11-9-15)18-12-13-20-17-6-4-3-5-7-17/h3-11,14,18H,12-13H2,1-2H3/t14-/m1/s1. The zero-order valence-electron chi connectivity index (χ0n) is 12.0. The fraction of sp³-hybridized carbons (Fsp3) is 0.294. The van der Waals surface area contributed by atoms with E-state index < -0.39 is 0 Å². The molecule has 106 valence electrons. The van der Waals surface area contributed by atoms with Gasteiger partial charge in [0.15, 0.2) is 0 Å². The maximum absolute atomic E-state index is 5.65. The molecule has 0 fully saturated rings. The molecule has 0 bridgehead atoms. The van der Waals surface area contributed by atoms with Crippen molar-refractivity contribution in [2.24, 2.45) is 0 Å². The van der Waals surface area contributed by atoms with E-state index in [4.69, 9.17) is 9.47 Å². The summed E-state index contributed by atoms with van der Waals surface area (Å²) in [6, 6.07) is 18.3. The molecule has 0 unspecified atom stereocenters. The molecule has 20 heavy (non-hydrogen) atoms. The minimum atomic E-state index is 0.292. The van der Waals surface area contributed by atoms with E-state index in [2.05, 4.69) is 24.4 Å². The molecule has 2 aromatic rings. The van der Waals surface area contributed by atoms with Crippen LogP contribution in [0.3, 0.4) is 0 Å². The third kappa shape index (κ3) is 4.28. The molecule has 2 rings (SSSR count). The Hall–Kier alpha value is -2.00. The molecule has 0 spiro atoms. The summed E-state index contributed by atoms with van der Waals surface area (Å²) in [5.41, 5.74) is 1.24. The Labute approximate surface area is 120 Å². The molecule has 0 aliphatic carbocycles. The molecular formula is C17H21NO2. The second kappa shape index (κ2) is 7.56. The fourth-order valence-corrected chi connectivity index (χ4v) is 1.97. The average molecular weight is 271 g/mol. The maximum Gasteiger partial charge on any atom is 0.119 e. The minimum absolute atomic E-state index is 0.292. The van der Waals surface area contributed by atoms with Gasteiger partial charge >= 0.3 is 0 Å². The summed E-state index contributed by atoms with van der Waals surface area (Å²) in [5, 5.41) is 3.44. The van der Waals surface area contributed by atoms with Gasteiger partial charge < -0.3 is 14.8 Å². The van der Waals surface area contributed by atoms with E-state index in [1.165, 1.54) is 5.56 Å². The fourth-order valence-electron chi connectivity index (χ4n) is 1.97. The third-order valence-electron chi connectivity index (χ3n) is 3.18. The summed E-state index contributed by atoms with van der Waals surface area (Å²) in [4.78, 5) is 0. The Bertz CT molecular complexity index is 496. The molecule has 3 nitrogen and oxygen atoms in total. The third-order valence-corrected chi connectivity index (χ3v) is 3.18. The Morgan fingerprint density at radius 1 is 0.950 bits per heavy atom. The molecule has 0 amide bonds. The van der Waals surface area contributed by atoms with Crippen molar-refractivity contribution >= 4 is 0 Å². The van der Waals surface area contributed by atoms with E-state index in [9.17, 15) is 0 Å². The Balaban J connectivity index is 1.73. The van der Waals surface area contributed by atoms with Gasteiger partial charge in [0.2, 0.25) is 0 Å². The second-order valence-corrected chi connectivity index (χ2v) is 4.61. The van der Waals surface area contributed by atoms with Gasteiger partial charge in [0.05, 0.1) is 7.11 Å². The van der Waals surface area contributed by atoms with Crippen molar-refractivity contribution in [1.29, 1.82) is 0 Å². The predicted molar refractivity (Wildman–Crippen MR) is 81.3 cm³/mol. The largest absolute Gasteiger partial charge is 0.497 e. The van der Waals surface area contributed by atoms with Crippen LogP contribution in [0, 0.1) is 0 Å².